The van der Waals surface area contributed by atoms with Gasteiger partial charge in [0.25, 0.3) is 0 Å². The molecule has 0 bridgehead atoms. The van der Waals surface area contributed by atoms with E-state index >= 15 is 0 Å². The van der Waals surface area contributed by atoms with E-state index in [1.807, 2.05) is 51.1 Å². The van der Waals surface area contributed by atoms with Gasteiger partial charge in [0.2, 0.25) is 0 Å². The van der Waals surface area contributed by atoms with Gasteiger partial charge in [-0.15, -0.1) is 0 Å². The summed E-state index contributed by atoms with van der Waals surface area (Å²) in [5.74, 6) is 0. The quantitative estimate of drug-likeness (QED) is 0.645. The summed E-state index contributed by atoms with van der Waals surface area (Å²) < 4.78 is 5.44. The smallest absolute Gasteiger partial charge is 0.410 e. The molecule has 0 saturated carbocycles. The number of fused-ring (bicyclic) bond motifs is 1. The van der Waals surface area contributed by atoms with Crippen LogP contribution < -0.4 is 0 Å². The van der Waals surface area contributed by atoms with Gasteiger partial charge in [-0.3, -0.25) is 0 Å². The van der Waals surface area contributed by atoms with Gasteiger partial charge in [-0.05, 0) is 56.4 Å². The fourth-order valence-corrected chi connectivity index (χ4v) is 4.02. The average Bonchev–Trinajstić information content (AvgIpc) is 3.16. The SMILES string of the molecule is CC(C)(C)OC(=O)N1CCC(O)(c2ccc(-c3ccnc4[nH]cc(C#N)c34)cc2)CC1. The lowest BCUT2D eigenvalue weighted by Crippen LogP contribution is -2.46. The van der Waals surface area contributed by atoms with E-state index in [0.717, 1.165) is 22.1 Å². The minimum Gasteiger partial charge on any atom is -0.444 e. The number of likely N-dealkylation sites (tertiary alicyclic amines) is 1. The highest BCUT2D eigenvalue weighted by Crippen LogP contribution is 2.36. The molecule has 4 rings (SSSR count). The zero-order valence-electron chi connectivity index (χ0n) is 18.0. The molecule has 160 valence electrons. The highest BCUT2D eigenvalue weighted by Gasteiger charge is 2.36. The summed E-state index contributed by atoms with van der Waals surface area (Å²) in [6, 6.07) is 11.8. The van der Waals surface area contributed by atoms with Gasteiger partial charge in [0, 0.05) is 30.9 Å². The number of nitrogens with one attached hydrogen (secondary N) is 1. The fraction of sp³-hybridized carbons (Fsp3) is 0.375. The Labute approximate surface area is 181 Å². The van der Waals surface area contributed by atoms with E-state index in [-0.39, 0.29) is 6.09 Å². The van der Waals surface area contributed by atoms with Crippen molar-refractivity contribution in [1.29, 1.82) is 5.26 Å². The second-order valence-electron chi connectivity index (χ2n) is 8.97. The van der Waals surface area contributed by atoms with E-state index in [1.54, 1.807) is 17.3 Å². The predicted molar refractivity (Wildman–Crippen MR) is 117 cm³/mol. The summed E-state index contributed by atoms with van der Waals surface area (Å²) in [5.41, 5.74) is 2.38. The third kappa shape index (κ3) is 4.12. The number of ether oxygens (including phenoxy) is 1. The van der Waals surface area contributed by atoms with Crippen LogP contribution >= 0.6 is 0 Å². The molecule has 7 heteroatoms. The Morgan fingerprint density at radius 3 is 2.52 bits per heavy atom. The molecule has 0 unspecified atom stereocenters. The van der Waals surface area contributed by atoms with Gasteiger partial charge >= 0.3 is 6.09 Å². The van der Waals surface area contributed by atoms with E-state index in [0.29, 0.717) is 37.1 Å². The first kappa shape index (κ1) is 20.9. The molecular weight excluding hydrogens is 392 g/mol. The highest BCUT2D eigenvalue weighted by molar-refractivity contribution is 5.97. The van der Waals surface area contributed by atoms with Gasteiger partial charge in [0.1, 0.15) is 17.3 Å². The Morgan fingerprint density at radius 2 is 1.90 bits per heavy atom. The number of nitrogens with zero attached hydrogens (tertiary/aromatic N) is 3. The number of nitriles is 1. The van der Waals surface area contributed by atoms with Crippen molar-refractivity contribution in [3.63, 3.8) is 0 Å². The normalized spacial score (nSPS) is 16.2. The zero-order valence-corrected chi connectivity index (χ0v) is 18.0. The fourth-order valence-electron chi connectivity index (χ4n) is 4.02. The van der Waals surface area contributed by atoms with Gasteiger partial charge in [-0.2, -0.15) is 5.26 Å². The Bertz CT molecular complexity index is 1140. The minimum atomic E-state index is -0.990. The van der Waals surface area contributed by atoms with Gasteiger partial charge < -0.3 is 19.7 Å². The largest absolute Gasteiger partial charge is 0.444 e. The van der Waals surface area contributed by atoms with Gasteiger partial charge in [0.15, 0.2) is 0 Å². The maximum absolute atomic E-state index is 12.3. The van der Waals surface area contributed by atoms with Gasteiger partial charge in [-0.25, -0.2) is 9.78 Å². The van der Waals surface area contributed by atoms with Crippen molar-refractivity contribution in [2.24, 2.45) is 0 Å². The second kappa shape index (κ2) is 7.71. The molecule has 0 spiro atoms. The van der Waals surface area contributed by atoms with Crippen LogP contribution in [-0.2, 0) is 10.3 Å². The summed E-state index contributed by atoms with van der Waals surface area (Å²) >= 11 is 0. The van der Waals surface area contributed by atoms with Crippen LogP contribution in [0.5, 0.6) is 0 Å². The lowest BCUT2D eigenvalue weighted by molar-refractivity contribution is -0.0356. The molecule has 1 aliphatic heterocycles. The summed E-state index contributed by atoms with van der Waals surface area (Å²) in [7, 11) is 0. The Hall–Kier alpha value is -3.37. The summed E-state index contributed by atoms with van der Waals surface area (Å²) in [6.07, 6.45) is 3.93. The number of rotatable bonds is 2. The van der Waals surface area contributed by atoms with Crippen molar-refractivity contribution in [3.05, 3.63) is 53.9 Å². The maximum atomic E-state index is 12.3. The number of aromatic amines is 1. The first-order chi connectivity index (χ1) is 14.7. The molecule has 2 N–H and O–H groups in total. The molecule has 1 amide bonds. The molecular formula is C24H26N4O3. The molecule has 1 fully saturated rings. The van der Waals surface area contributed by atoms with Crippen LogP contribution in [0.3, 0.4) is 0 Å². The van der Waals surface area contributed by atoms with E-state index in [2.05, 4.69) is 16.0 Å². The minimum absolute atomic E-state index is 0.341. The number of benzene rings is 1. The zero-order chi connectivity index (χ0) is 22.2. The number of piperidine rings is 1. The van der Waals surface area contributed by atoms with Crippen LogP contribution in [0.2, 0.25) is 0 Å². The second-order valence-corrected chi connectivity index (χ2v) is 8.97. The molecule has 3 heterocycles. The molecule has 1 aliphatic rings. The van der Waals surface area contributed by atoms with Crippen molar-refractivity contribution in [2.45, 2.75) is 44.8 Å². The molecule has 0 radical (unpaired) electrons. The number of carbonyl (C=O) groups is 1. The monoisotopic (exact) mass is 418 g/mol. The van der Waals surface area contributed by atoms with Crippen LogP contribution in [0, 0.1) is 11.3 Å². The van der Waals surface area contributed by atoms with Crippen LogP contribution in [-0.4, -0.2) is 44.8 Å². The number of H-pyrrole nitrogens is 1. The number of amides is 1. The first-order valence-electron chi connectivity index (χ1n) is 10.4. The highest BCUT2D eigenvalue weighted by atomic mass is 16.6. The number of hydrogen-bond donors (Lipinski definition) is 2. The molecule has 2 aromatic heterocycles. The molecule has 1 saturated heterocycles. The van der Waals surface area contributed by atoms with E-state index in [1.165, 1.54) is 0 Å². The Balaban J connectivity index is 1.53. The molecule has 3 aromatic rings. The van der Waals surface area contributed by atoms with Crippen LogP contribution in [0.15, 0.2) is 42.7 Å². The van der Waals surface area contributed by atoms with Crippen LogP contribution in [0.25, 0.3) is 22.2 Å². The number of carbonyl (C=O) groups excluding carboxylic acids is 1. The van der Waals surface area contributed by atoms with Gasteiger partial charge in [-0.1, -0.05) is 24.3 Å². The number of aromatic nitrogens is 2. The lowest BCUT2D eigenvalue weighted by atomic mass is 9.84. The van der Waals surface area contributed by atoms with E-state index < -0.39 is 11.2 Å². The van der Waals surface area contributed by atoms with Crippen LogP contribution in [0.4, 0.5) is 4.79 Å². The average molecular weight is 418 g/mol. The maximum Gasteiger partial charge on any atom is 0.410 e. The third-order valence-corrected chi connectivity index (χ3v) is 5.67. The predicted octanol–water partition coefficient (Wildman–Crippen LogP) is 4.32. The molecule has 1 aromatic carbocycles. The molecule has 0 atom stereocenters. The lowest BCUT2D eigenvalue weighted by Gasteiger charge is -2.39. The van der Waals surface area contributed by atoms with Crippen molar-refractivity contribution >= 4 is 17.1 Å². The molecule has 7 nitrogen and oxygen atoms in total. The summed E-state index contributed by atoms with van der Waals surface area (Å²) in [4.78, 5) is 21.3. The van der Waals surface area contributed by atoms with E-state index in [4.69, 9.17) is 4.74 Å². The summed E-state index contributed by atoms with van der Waals surface area (Å²) in [6.45, 7) is 6.41. The number of hydrogen-bond acceptors (Lipinski definition) is 5. The van der Waals surface area contributed by atoms with Crippen molar-refractivity contribution < 1.29 is 14.6 Å². The molecule has 0 aliphatic carbocycles. The topological polar surface area (TPSA) is 102 Å². The Kier molecular flexibility index (Phi) is 5.19. The molecule has 31 heavy (non-hydrogen) atoms. The number of pyridine rings is 1. The number of aliphatic hydroxyl groups is 1. The van der Waals surface area contributed by atoms with Crippen molar-refractivity contribution in [1.82, 2.24) is 14.9 Å². The summed E-state index contributed by atoms with van der Waals surface area (Å²) in [5, 5.41) is 21.4. The van der Waals surface area contributed by atoms with Crippen LogP contribution in [0.1, 0.15) is 44.7 Å². The standard InChI is InChI=1S/C24H26N4O3/c1-23(2,3)31-22(29)28-12-9-24(30,10-13-28)18-6-4-16(5-7-18)19-8-11-26-21-20(19)17(14-25)15-27-21/h4-8,11,15,30H,9-10,12-13H2,1-3H3,(H,26,27). The van der Waals surface area contributed by atoms with E-state index in [9.17, 15) is 15.2 Å². The van der Waals surface area contributed by atoms with Crippen molar-refractivity contribution in [3.8, 4) is 17.2 Å². The van der Waals surface area contributed by atoms with Gasteiger partial charge in [0.05, 0.1) is 11.2 Å². The Morgan fingerprint density at radius 1 is 1.23 bits per heavy atom. The van der Waals surface area contributed by atoms with Crippen molar-refractivity contribution in [2.75, 3.05) is 13.1 Å². The first-order valence-corrected chi connectivity index (χ1v) is 10.4. The third-order valence-electron chi connectivity index (χ3n) is 5.67.